The number of rotatable bonds is 3. The molecule has 0 atom stereocenters. The summed E-state index contributed by atoms with van der Waals surface area (Å²) in [4.78, 5) is 28.1. The summed E-state index contributed by atoms with van der Waals surface area (Å²) in [7, 11) is 0. The van der Waals surface area contributed by atoms with E-state index in [9.17, 15) is 14.0 Å². The molecule has 0 aliphatic carbocycles. The van der Waals surface area contributed by atoms with Gasteiger partial charge in [0.15, 0.2) is 0 Å². The summed E-state index contributed by atoms with van der Waals surface area (Å²) in [5, 5.41) is 6.06. The second-order valence-electron chi connectivity index (χ2n) is 5.66. The fraction of sp³-hybridized carbons (Fsp3) is 0.105. The average molecular weight is 337 g/mol. The first-order valence-corrected chi connectivity index (χ1v) is 7.69. The van der Waals surface area contributed by atoms with E-state index in [0.717, 1.165) is 17.1 Å². The van der Waals surface area contributed by atoms with Gasteiger partial charge in [-0.3, -0.25) is 14.6 Å². The van der Waals surface area contributed by atoms with E-state index < -0.39 is 17.6 Å². The lowest BCUT2D eigenvalue weighted by Crippen LogP contribution is -2.14. The maximum Gasteiger partial charge on any atom is 0.255 e. The number of fused-ring (bicyclic) bond motifs is 1. The molecule has 5 nitrogen and oxygen atoms in total. The fourth-order valence-corrected chi connectivity index (χ4v) is 2.49. The molecule has 0 spiro atoms. The summed E-state index contributed by atoms with van der Waals surface area (Å²) in [6, 6.07) is 13.1. The number of anilines is 2. The van der Waals surface area contributed by atoms with Gasteiger partial charge in [-0.25, -0.2) is 4.39 Å². The molecule has 0 saturated heterocycles. The van der Waals surface area contributed by atoms with Crippen LogP contribution in [0.25, 0.3) is 10.9 Å². The summed E-state index contributed by atoms with van der Waals surface area (Å²) in [5.41, 5.74) is 2.28. The van der Waals surface area contributed by atoms with E-state index in [-0.39, 0.29) is 11.3 Å². The third-order valence-corrected chi connectivity index (χ3v) is 3.65. The van der Waals surface area contributed by atoms with Crippen molar-refractivity contribution in [1.29, 1.82) is 0 Å². The van der Waals surface area contributed by atoms with Crippen LogP contribution in [0.1, 0.15) is 23.0 Å². The SMILES string of the molecule is CC(=O)Nc1cc(C(=O)Nc2cccc3ccc(C)nc23)ccc1F. The molecule has 2 amide bonds. The van der Waals surface area contributed by atoms with Gasteiger partial charge >= 0.3 is 0 Å². The predicted molar refractivity (Wildman–Crippen MR) is 95.1 cm³/mol. The Morgan fingerprint density at radius 2 is 1.80 bits per heavy atom. The number of nitrogens with zero attached hydrogens (tertiary/aromatic N) is 1. The minimum atomic E-state index is -0.603. The number of amides is 2. The van der Waals surface area contributed by atoms with E-state index in [1.807, 2.05) is 31.2 Å². The molecule has 1 heterocycles. The molecule has 3 aromatic rings. The zero-order valence-corrected chi connectivity index (χ0v) is 13.8. The van der Waals surface area contributed by atoms with Crippen LogP contribution < -0.4 is 10.6 Å². The first kappa shape index (κ1) is 16.6. The van der Waals surface area contributed by atoms with Crippen molar-refractivity contribution in [3.63, 3.8) is 0 Å². The third kappa shape index (κ3) is 3.63. The lowest BCUT2D eigenvalue weighted by atomic mass is 10.1. The standard InChI is InChI=1S/C19H16FN3O2/c1-11-6-7-13-4-3-5-16(18(13)21-11)23-19(25)14-8-9-15(20)17(10-14)22-12(2)24/h3-10H,1-2H3,(H,22,24)(H,23,25). The molecule has 1 aromatic heterocycles. The molecule has 2 N–H and O–H groups in total. The van der Waals surface area contributed by atoms with E-state index in [1.165, 1.54) is 19.1 Å². The zero-order valence-electron chi connectivity index (χ0n) is 13.8. The Kier molecular flexibility index (Phi) is 4.43. The minimum absolute atomic E-state index is 0.0351. The molecule has 0 aliphatic rings. The van der Waals surface area contributed by atoms with Gasteiger partial charge in [0.25, 0.3) is 5.91 Å². The van der Waals surface area contributed by atoms with Gasteiger partial charge in [-0.1, -0.05) is 18.2 Å². The number of pyridine rings is 1. The van der Waals surface area contributed by atoms with Crippen LogP contribution in [0.3, 0.4) is 0 Å². The number of aryl methyl sites for hydroxylation is 1. The Bertz CT molecular complexity index is 986. The number of benzene rings is 2. The number of carbonyl (C=O) groups excluding carboxylic acids is 2. The maximum atomic E-state index is 13.7. The molecule has 126 valence electrons. The van der Waals surface area contributed by atoms with Crippen LogP contribution in [0.4, 0.5) is 15.8 Å². The van der Waals surface area contributed by atoms with Crippen LogP contribution in [0, 0.1) is 12.7 Å². The summed E-state index contributed by atoms with van der Waals surface area (Å²) in [6.07, 6.45) is 0. The number of nitrogens with one attached hydrogen (secondary N) is 2. The number of carbonyl (C=O) groups is 2. The van der Waals surface area contributed by atoms with Gasteiger partial charge in [-0.2, -0.15) is 0 Å². The van der Waals surface area contributed by atoms with Crippen molar-refractivity contribution in [1.82, 2.24) is 4.98 Å². The Balaban J connectivity index is 1.93. The van der Waals surface area contributed by atoms with Crippen molar-refractivity contribution < 1.29 is 14.0 Å². The summed E-state index contributed by atoms with van der Waals surface area (Å²) in [6.45, 7) is 3.15. The van der Waals surface area contributed by atoms with Crippen molar-refractivity contribution in [2.45, 2.75) is 13.8 Å². The third-order valence-electron chi connectivity index (χ3n) is 3.65. The molecule has 0 saturated carbocycles. The Hall–Kier alpha value is -3.28. The maximum absolute atomic E-state index is 13.7. The number of halogens is 1. The molecule has 0 unspecified atom stereocenters. The summed E-state index contributed by atoms with van der Waals surface area (Å²) < 4.78 is 13.7. The van der Waals surface area contributed by atoms with E-state index in [0.29, 0.717) is 11.2 Å². The topological polar surface area (TPSA) is 71.1 Å². The monoisotopic (exact) mass is 337 g/mol. The van der Waals surface area contributed by atoms with Crippen LogP contribution in [-0.2, 0) is 4.79 Å². The molecule has 2 aromatic carbocycles. The number of hydrogen-bond acceptors (Lipinski definition) is 3. The van der Waals surface area contributed by atoms with Gasteiger partial charge in [0, 0.05) is 23.6 Å². The predicted octanol–water partition coefficient (Wildman–Crippen LogP) is 3.89. The van der Waals surface area contributed by atoms with Crippen molar-refractivity contribution in [3.05, 3.63) is 65.6 Å². The van der Waals surface area contributed by atoms with Crippen LogP contribution in [0.15, 0.2) is 48.5 Å². The zero-order chi connectivity index (χ0) is 18.0. The first-order valence-electron chi connectivity index (χ1n) is 7.69. The van der Waals surface area contributed by atoms with E-state index in [4.69, 9.17) is 0 Å². The highest BCUT2D eigenvalue weighted by molar-refractivity contribution is 6.09. The summed E-state index contributed by atoms with van der Waals surface area (Å²) in [5.74, 6) is -1.43. The molecule has 3 rings (SSSR count). The Morgan fingerprint density at radius 1 is 1.00 bits per heavy atom. The van der Waals surface area contributed by atoms with E-state index >= 15 is 0 Å². The van der Waals surface area contributed by atoms with Gasteiger partial charge in [0.2, 0.25) is 5.91 Å². The van der Waals surface area contributed by atoms with Crippen molar-refractivity contribution in [3.8, 4) is 0 Å². The summed E-state index contributed by atoms with van der Waals surface area (Å²) >= 11 is 0. The highest BCUT2D eigenvalue weighted by atomic mass is 19.1. The second-order valence-corrected chi connectivity index (χ2v) is 5.66. The molecule has 6 heteroatoms. The fourth-order valence-electron chi connectivity index (χ4n) is 2.49. The molecule has 25 heavy (non-hydrogen) atoms. The van der Waals surface area contributed by atoms with Gasteiger partial charge in [-0.05, 0) is 37.3 Å². The van der Waals surface area contributed by atoms with Crippen molar-refractivity contribution in [2.75, 3.05) is 10.6 Å². The highest BCUT2D eigenvalue weighted by Crippen LogP contribution is 2.23. The van der Waals surface area contributed by atoms with Crippen LogP contribution in [-0.4, -0.2) is 16.8 Å². The molecular formula is C19H16FN3O2. The van der Waals surface area contributed by atoms with Crippen LogP contribution in [0.2, 0.25) is 0 Å². The Morgan fingerprint density at radius 3 is 2.56 bits per heavy atom. The molecule has 0 bridgehead atoms. The lowest BCUT2D eigenvalue weighted by Gasteiger charge is -2.10. The van der Waals surface area contributed by atoms with Gasteiger partial charge in [0.05, 0.1) is 16.9 Å². The van der Waals surface area contributed by atoms with Gasteiger partial charge in [-0.15, -0.1) is 0 Å². The second kappa shape index (κ2) is 6.68. The van der Waals surface area contributed by atoms with E-state index in [1.54, 1.807) is 6.07 Å². The van der Waals surface area contributed by atoms with Gasteiger partial charge < -0.3 is 10.6 Å². The van der Waals surface area contributed by atoms with Gasteiger partial charge in [0.1, 0.15) is 5.82 Å². The minimum Gasteiger partial charge on any atom is -0.324 e. The normalized spacial score (nSPS) is 10.5. The largest absolute Gasteiger partial charge is 0.324 e. The quantitative estimate of drug-likeness (QED) is 0.761. The van der Waals surface area contributed by atoms with Crippen LogP contribution in [0.5, 0.6) is 0 Å². The van der Waals surface area contributed by atoms with Crippen LogP contribution >= 0.6 is 0 Å². The van der Waals surface area contributed by atoms with Crippen molar-refractivity contribution in [2.24, 2.45) is 0 Å². The van der Waals surface area contributed by atoms with Crippen molar-refractivity contribution >= 4 is 34.1 Å². The average Bonchev–Trinajstić information content (AvgIpc) is 2.57. The lowest BCUT2D eigenvalue weighted by molar-refractivity contribution is -0.114. The molecular weight excluding hydrogens is 321 g/mol. The molecule has 0 fully saturated rings. The first-order chi connectivity index (χ1) is 11.9. The Labute approximate surface area is 143 Å². The number of para-hydroxylation sites is 1. The number of aromatic nitrogens is 1. The smallest absolute Gasteiger partial charge is 0.255 e. The van der Waals surface area contributed by atoms with E-state index in [2.05, 4.69) is 15.6 Å². The molecule has 0 aliphatic heterocycles. The number of hydrogen-bond donors (Lipinski definition) is 2. The molecule has 0 radical (unpaired) electrons. The highest BCUT2D eigenvalue weighted by Gasteiger charge is 2.12.